The van der Waals surface area contributed by atoms with E-state index in [2.05, 4.69) is 67.4 Å². The molecule has 1 amide bonds. The highest BCUT2D eigenvalue weighted by Crippen LogP contribution is 2.42. The van der Waals surface area contributed by atoms with Crippen LogP contribution in [0, 0.1) is 5.92 Å². The second kappa shape index (κ2) is 24.2. The molecule has 4 rings (SSSR count). The molecular formula is C47H68N2O6. The minimum atomic E-state index is -0.861. The molecule has 1 saturated heterocycles. The third-order valence-electron chi connectivity index (χ3n) is 10.9. The largest absolute Gasteiger partial charge is 0.453 e. The van der Waals surface area contributed by atoms with Gasteiger partial charge < -0.3 is 29.5 Å². The molecule has 3 aromatic carbocycles. The summed E-state index contributed by atoms with van der Waals surface area (Å²) in [6.07, 6.45) is 13.8. The SMILES string of the molecule is CCCCCCCCN(CCCCCCCC)C[C@@H]1O[C@H](c2ccc(-c3ccccc3CNC(=O)[C@H](C)OC(C)=O)cc2)O[C@H](c2ccc(CO)cc2)[C@@H]1C. The molecule has 8 heteroatoms. The van der Waals surface area contributed by atoms with Crippen molar-refractivity contribution in [1.82, 2.24) is 10.2 Å². The molecule has 302 valence electrons. The quantitative estimate of drug-likeness (QED) is 0.0694. The summed E-state index contributed by atoms with van der Waals surface area (Å²) in [5.74, 6) is -0.703. The second-order valence-corrected chi connectivity index (χ2v) is 15.4. The highest BCUT2D eigenvalue weighted by atomic mass is 16.7. The zero-order chi connectivity index (χ0) is 39.4. The van der Waals surface area contributed by atoms with Gasteiger partial charge in [0, 0.05) is 31.5 Å². The van der Waals surface area contributed by atoms with E-state index < -0.39 is 18.4 Å². The van der Waals surface area contributed by atoms with Crippen molar-refractivity contribution in [2.45, 2.75) is 149 Å². The normalized spacial score (nSPS) is 19.0. The predicted octanol–water partition coefficient (Wildman–Crippen LogP) is 10.2. The highest BCUT2D eigenvalue weighted by Gasteiger charge is 2.39. The number of ether oxygens (including phenoxy) is 3. The van der Waals surface area contributed by atoms with E-state index >= 15 is 0 Å². The van der Waals surface area contributed by atoms with Crippen LogP contribution in [0.3, 0.4) is 0 Å². The first-order valence-corrected chi connectivity index (χ1v) is 21.1. The Morgan fingerprint density at radius 3 is 1.96 bits per heavy atom. The summed E-state index contributed by atoms with van der Waals surface area (Å²) in [5, 5.41) is 12.6. The van der Waals surface area contributed by atoms with Crippen molar-refractivity contribution in [3.8, 4) is 11.1 Å². The number of carbonyl (C=O) groups excluding carboxylic acids is 2. The molecule has 1 heterocycles. The number of aliphatic hydroxyl groups excluding tert-OH is 1. The zero-order valence-electron chi connectivity index (χ0n) is 34.3. The summed E-state index contributed by atoms with van der Waals surface area (Å²) in [4.78, 5) is 26.5. The van der Waals surface area contributed by atoms with E-state index in [1.807, 2.05) is 36.4 Å². The summed E-state index contributed by atoms with van der Waals surface area (Å²) >= 11 is 0. The van der Waals surface area contributed by atoms with Crippen molar-refractivity contribution in [3.05, 3.63) is 95.1 Å². The molecule has 0 saturated carbocycles. The van der Waals surface area contributed by atoms with Gasteiger partial charge in [0.05, 0.1) is 18.8 Å². The van der Waals surface area contributed by atoms with Crippen LogP contribution in [0.2, 0.25) is 0 Å². The van der Waals surface area contributed by atoms with Gasteiger partial charge in [-0.25, -0.2) is 0 Å². The van der Waals surface area contributed by atoms with Crippen molar-refractivity contribution in [3.63, 3.8) is 0 Å². The van der Waals surface area contributed by atoms with Crippen LogP contribution in [0.5, 0.6) is 0 Å². The fourth-order valence-corrected chi connectivity index (χ4v) is 7.51. The van der Waals surface area contributed by atoms with E-state index in [0.717, 1.165) is 53.0 Å². The third kappa shape index (κ3) is 14.5. The van der Waals surface area contributed by atoms with Crippen molar-refractivity contribution >= 4 is 11.9 Å². The van der Waals surface area contributed by atoms with Crippen molar-refractivity contribution in [1.29, 1.82) is 0 Å². The zero-order valence-corrected chi connectivity index (χ0v) is 34.3. The number of amides is 1. The minimum Gasteiger partial charge on any atom is -0.453 e. The molecule has 0 radical (unpaired) electrons. The number of benzene rings is 3. The third-order valence-corrected chi connectivity index (χ3v) is 10.9. The van der Waals surface area contributed by atoms with Crippen LogP contribution in [0.1, 0.15) is 146 Å². The van der Waals surface area contributed by atoms with E-state index in [0.29, 0.717) is 6.54 Å². The summed E-state index contributed by atoms with van der Waals surface area (Å²) in [6.45, 7) is 13.0. The maximum atomic E-state index is 12.6. The van der Waals surface area contributed by atoms with Gasteiger partial charge in [0.25, 0.3) is 5.91 Å². The molecule has 2 N–H and O–H groups in total. The molecule has 55 heavy (non-hydrogen) atoms. The van der Waals surface area contributed by atoms with Gasteiger partial charge in [0.15, 0.2) is 12.4 Å². The first kappa shape index (κ1) is 44.2. The maximum Gasteiger partial charge on any atom is 0.303 e. The number of unbranched alkanes of at least 4 members (excludes halogenated alkanes) is 10. The van der Waals surface area contributed by atoms with E-state index in [4.69, 9.17) is 14.2 Å². The van der Waals surface area contributed by atoms with Gasteiger partial charge >= 0.3 is 5.97 Å². The van der Waals surface area contributed by atoms with Gasteiger partial charge in [0.2, 0.25) is 0 Å². The average molecular weight is 757 g/mol. The monoisotopic (exact) mass is 757 g/mol. The summed E-state index contributed by atoms with van der Waals surface area (Å²) in [6, 6.07) is 24.5. The molecule has 1 aliphatic heterocycles. The van der Waals surface area contributed by atoms with Gasteiger partial charge in [-0.2, -0.15) is 0 Å². The fraction of sp³-hybridized carbons (Fsp3) is 0.574. The number of hydrogen-bond donors (Lipinski definition) is 2. The van der Waals surface area contributed by atoms with E-state index in [-0.39, 0.29) is 30.6 Å². The lowest BCUT2D eigenvalue weighted by molar-refractivity contribution is -0.276. The number of carbonyl (C=O) groups is 2. The Morgan fingerprint density at radius 2 is 1.36 bits per heavy atom. The van der Waals surface area contributed by atoms with Crippen LogP contribution in [0.15, 0.2) is 72.8 Å². The minimum absolute atomic E-state index is 0.0107. The molecule has 5 atom stereocenters. The Hall–Kier alpha value is -3.56. The lowest BCUT2D eigenvalue weighted by Gasteiger charge is -2.43. The Bertz CT molecular complexity index is 1530. The van der Waals surface area contributed by atoms with Gasteiger partial charge in [-0.1, -0.05) is 158 Å². The van der Waals surface area contributed by atoms with E-state index in [1.165, 1.54) is 84.0 Å². The fourth-order valence-electron chi connectivity index (χ4n) is 7.51. The smallest absolute Gasteiger partial charge is 0.303 e. The van der Waals surface area contributed by atoms with E-state index in [1.54, 1.807) is 6.92 Å². The van der Waals surface area contributed by atoms with Gasteiger partial charge in [-0.3, -0.25) is 9.59 Å². The Morgan fingerprint density at radius 1 is 0.782 bits per heavy atom. The van der Waals surface area contributed by atoms with E-state index in [9.17, 15) is 14.7 Å². The van der Waals surface area contributed by atoms with Gasteiger partial charge in [-0.05, 0) is 60.7 Å². The second-order valence-electron chi connectivity index (χ2n) is 15.4. The summed E-state index contributed by atoms with van der Waals surface area (Å²) in [7, 11) is 0. The number of hydrogen-bond acceptors (Lipinski definition) is 7. The molecule has 8 nitrogen and oxygen atoms in total. The summed E-state index contributed by atoms with van der Waals surface area (Å²) in [5.41, 5.74) is 5.92. The lowest BCUT2D eigenvalue weighted by atomic mass is 9.89. The first-order chi connectivity index (χ1) is 26.7. The number of rotatable bonds is 24. The van der Waals surface area contributed by atoms with Crippen LogP contribution in [-0.2, 0) is 37.0 Å². The van der Waals surface area contributed by atoms with Crippen LogP contribution >= 0.6 is 0 Å². The molecular weight excluding hydrogens is 689 g/mol. The number of nitrogens with zero attached hydrogens (tertiary/aromatic N) is 1. The number of nitrogens with one attached hydrogen (secondary N) is 1. The Kier molecular flexibility index (Phi) is 19.4. The average Bonchev–Trinajstić information content (AvgIpc) is 3.20. The number of esters is 1. The lowest BCUT2D eigenvalue weighted by Crippen LogP contribution is -2.45. The Labute approximate surface area is 331 Å². The van der Waals surface area contributed by atoms with Crippen LogP contribution in [-0.4, -0.2) is 53.7 Å². The molecule has 1 aliphatic rings. The standard InChI is InChI=1S/C47H68N2O6/c1-6-8-10-12-14-18-30-49(31-19-15-13-11-9-7-2)33-44-35(3)45(40-24-22-38(34-50)23-25-40)55-47(54-44)41-28-26-39(27-29-41)43-21-17-16-20-42(43)32-48-46(52)36(4)53-37(5)51/h16-17,20-29,35-36,44-45,47,50H,6-15,18-19,30-34H2,1-5H3,(H,48,52)/t35-,36+,44+,45+,47+/m1/s1. The number of aliphatic hydroxyl groups is 1. The summed E-state index contributed by atoms with van der Waals surface area (Å²) < 4.78 is 18.8. The first-order valence-electron chi connectivity index (χ1n) is 21.1. The topological polar surface area (TPSA) is 97.3 Å². The highest BCUT2D eigenvalue weighted by molar-refractivity contribution is 5.83. The van der Waals surface area contributed by atoms with Crippen molar-refractivity contribution in [2.24, 2.45) is 5.92 Å². The molecule has 3 aromatic rings. The van der Waals surface area contributed by atoms with Crippen LogP contribution in [0.25, 0.3) is 11.1 Å². The predicted molar refractivity (Wildman–Crippen MR) is 221 cm³/mol. The van der Waals surface area contributed by atoms with Crippen molar-refractivity contribution < 1.29 is 28.9 Å². The molecule has 0 unspecified atom stereocenters. The Balaban J connectivity index is 1.52. The van der Waals surface area contributed by atoms with Crippen LogP contribution < -0.4 is 5.32 Å². The molecule has 0 spiro atoms. The van der Waals surface area contributed by atoms with Crippen LogP contribution in [0.4, 0.5) is 0 Å². The van der Waals surface area contributed by atoms with Gasteiger partial charge in [0.1, 0.15) is 0 Å². The molecule has 0 aromatic heterocycles. The molecule has 0 aliphatic carbocycles. The van der Waals surface area contributed by atoms with Gasteiger partial charge in [-0.15, -0.1) is 0 Å². The van der Waals surface area contributed by atoms with Crippen molar-refractivity contribution in [2.75, 3.05) is 19.6 Å². The molecule has 1 fully saturated rings. The maximum absolute atomic E-state index is 12.6. The molecule has 0 bridgehead atoms.